The minimum absolute atomic E-state index is 0.0737. The van der Waals surface area contributed by atoms with Crippen molar-refractivity contribution in [1.82, 2.24) is 4.31 Å². The van der Waals surface area contributed by atoms with E-state index in [1.165, 1.54) is 15.9 Å². The molecule has 0 spiro atoms. The molecule has 0 saturated carbocycles. The van der Waals surface area contributed by atoms with Gasteiger partial charge in [0.05, 0.1) is 10.5 Å². The molecule has 0 radical (unpaired) electrons. The summed E-state index contributed by atoms with van der Waals surface area (Å²) in [5.41, 5.74) is 2.01. The van der Waals surface area contributed by atoms with Crippen LogP contribution >= 0.6 is 0 Å². The van der Waals surface area contributed by atoms with E-state index in [2.05, 4.69) is 12.2 Å². The monoisotopic (exact) mass is 372 g/mol. The maximum Gasteiger partial charge on any atom is 0.257 e. The van der Waals surface area contributed by atoms with Gasteiger partial charge in [-0.05, 0) is 49.1 Å². The topological polar surface area (TPSA) is 66.5 Å². The van der Waals surface area contributed by atoms with E-state index in [0.29, 0.717) is 18.8 Å². The van der Waals surface area contributed by atoms with Crippen LogP contribution in [0.5, 0.6) is 0 Å². The van der Waals surface area contributed by atoms with Gasteiger partial charge in [-0.3, -0.25) is 4.79 Å². The van der Waals surface area contributed by atoms with E-state index in [4.69, 9.17) is 0 Å². The molecule has 0 unspecified atom stereocenters. The lowest BCUT2D eigenvalue weighted by Crippen LogP contribution is -2.36. The van der Waals surface area contributed by atoms with Crippen LogP contribution in [0, 0.1) is 0 Å². The summed E-state index contributed by atoms with van der Waals surface area (Å²) in [4.78, 5) is 12.8. The average molecular weight is 372 g/mol. The Morgan fingerprint density at radius 2 is 1.65 bits per heavy atom. The SMILES string of the molecule is CCc1ccc(NC(=O)c2ccccc2S(=O)(=O)N2CCCCC2)cc1. The first kappa shape index (κ1) is 18.6. The molecule has 1 saturated heterocycles. The van der Waals surface area contributed by atoms with Gasteiger partial charge in [0.15, 0.2) is 0 Å². The summed E-state index contributed by atoms with van der Waals surface area (Å²) in [6, 6.07) is 14.0. The summed E-state index contributed by atoms with van der Waals surface area (Å²) in [7, 11) is -3.67. The number of piperidine rings is 1. The highest BCUT2D eigenvalue weighted by Crippen LogP contribution is 2.24. The molecule has 2 aromatic rings. The van der Waals surface area contributed by atoms with Gasteiger partial charge in [0, 0.05) is 18.8 Å². The lowest BCUT2D eigenvalue weighted by molar-refractivity contribution is 0.102. The van der Waals surface area contributed by atoms with Gasteiger partial charge in [-0.1, -0.05) is 37.6 Å². The first-order valence-electron chi connectivity index (χ1n) is 9.02. The summed E-state index contributed by atoms with van der Waals surface area (Å²) in [5, 5.41) is 2.80. The summed E-state index contributed by atoms with van der Waals surface area (Å²) < 4.78 is 27.5. The number of carbonyl (C=O) groups excluding carboxylic acids is 1. The zero-order valence-electron chi connectivity index (χ0n) is 14.9. The van der Waals surface area contributed by atoms with Gasteiger partial charge >= 0.3 is 0 Å². The van der Waals surface area contributed by atoms with E-state index in [1.807, 2.05) is 24.3 Å². The van der Waals surface area contributed by atoms with Crippen molar-refractivity contribution in [3.63, 3.8) is 0 Å². The Labute approximate surface area is 155 Å². The molecule has 138 valence electrons. The molecule has 1 aliphatic heterocycles. The van der Waals surface area contributed by atoms with E-state index >= 15 is 0 Å². The standard InChI is InChI=1S/C20H24N2O3S/c1-2-16-10-12-17(13-11-16)21-20(23)18-8-4-5-9-19(18)26(24,25)22-14-6-3-7-15-22/h4-5,8-13H,2-3,6-7,14-15H2,1H3,(H,21,23). The number of carbonyl (C=O) groups is 1. The Kier molecular flexibility index (Phi) is 5.74. The van der Waals surface area contributed by atoms with Crippen molar-refractivity contribution in [2.75, 3.05) is 18.4 Å². The number of nitrogens with zero attached hydrogens (tertiary/aromatic N) is 1. The van der Waals surface area contributed by atoms with Crippen molar-refractivity contribution in [3.05, 3.63) is 59.7 Å². The van der Waals surface area contributed by atoms with Crippen LogP contribution in [0.2, 0.25) is 0 Å². The highest BCUT2D eigenvalue weighted by atomic mass is 32.2. The van der Waals surface area contributed by atoms with Crippen LogP contribution in [0.3, 0.4) is 0 Å². The van der Waals surface area contributed by atoms with Crippen LogP contribution in [-0.2, 0) is 16.4 Å². The van der Waals surface area contributed by atoms with Crippen LogP contribution in [0.15, 0.2) is 53.4 Å². The fraction of sp³-hybridized carbons (Fsp3) is 0.350. The maximum absolute atomic E-state index is 13.0. The number of hydrogen-bond acceptors (Lipinski definition) is 3. The molecule has 3 rings (SSSR count). The molecule has 1 fully saturated rings. The number of aryl methyl sites for hydroxylation is 1. The van der Waals surface area contributed by atoms with Crippen molar-refractivity contribution < 1.29 is 13.2 Å². The normalized spacial score (nSPS) is 15.6. The van der Waals surface area contributed by atoms with Gasteiger partial charge in [0.25, 0.3) is 5.91 Å². The number of sulfonamides is 1. The molecule has 2 aromatic carbocycles. The lowest BCUT2D eigenvalue weighted by Gasteiger charge is -2.26. The molecule has 5 nitrogen and oxygen atoms in total. The zero-order valence-corrected chi connectivity index (χ0v) is 15.8. The highest BCUT2D eigenvalue weighted by molar-refractivity contribution is 7.89. The fourth-order valence-electron chi connectivity index (χ4n) is 3.15. The maximum atomic E-state index is 13.0. The molecule has 1 N–H and O–H groups in total. The Morgan fingerprint density at radius 1 is 1.00 bits per heavy atom. The third-order valence-corrected chi connectivity index (χ3v) is 6.64. The van der Waals surface area contributed by atoms with Gasteiger partial charge in [-0.15, -0.1) is 0 Å². The molecular weight excluding hydrogens is 348 g/mol. The van der Waals surface area contributed by atoms with Gasteiger partial charge in [-0.25, -0.2) is 8.42 Å². The minimum Gasteiger partial charge on any atom is -0.322 e. The first-order chi connectivity index (χ1) is 12.5. The Bertz CT molecular complexity index is 870. The molecule has 0 aliphatic carbocycles. The Morgan fingerprint density at radius 3 is 2.31 bits per heavy atom. The van der Waals surface area contributed by atoms with Crippen LogP contribution < -0.4 is 5.32 Å². The number of rotatable bonds is 5. The summed E-state index contributed by atoms with van der Waals surface area (Å²) in [6.45, 7) is 3.09. The second-order valence-electron chi connectivity index (χ2n) is 6.47. The van der Waals surface area contributed by atoms with Crippen molar-refractivity contribution in [2.45, 2.75) is 37.5 Å². The summed E-state index contributed by atoms with van der Waals surface area (Å²) in [6.07, 6.45) is 3.68. The molecule has 0 aromatic heterocycles. The number of anilines is 1. The molecule has 1 amide bonds. The van der Waals surface area contributed by atoms with Crippen LogP contribution in [0.25, 0.3) is 0 Å². The third kappa shape index (κ3) is 3.97. The molecule has 6 heteroatoms. The van der Waals surface area contributed by atoms with E-state index in [-0.39, 0.29) is 10.5 Å². The largest absolute Gasteiger partial charge is 0.322 e. The number of hydrogen-bond donors (Lipinski definition) is 1. The fourth-order valence-corrected chi connectivity index (χ4v) is 4.85. The molecule has 0 bridgehead atoms. The number of amides is 1. The van der Waals surface area contributed by atoms with Gasteiger partial charge in [0.1, 0.15) is 0 Å². The van der Waals surface area contributed by atoms with E-state index in [0.717, 1.165) is 25.7 Å². The smallest absolute Gasteiger partial charge is 0.257 e. The minimum atomic E-state index is -3.67. The van der Waals surface area contributed by atoms with E-state index < -0.39 is 15.9 Å². The van der Waals surface area contributed by atoms with Crippen molar-refractivity contribution in [2.24, 2.45) is 0 Å². The number of nitrogens with one attached hydrogen (secondary N) is 1. The predicted octanol–water partition coefficient (Wildman–Crippen LogP) is 3.68. The van der Waals surface area contributed by atoms with Crippen molar-refractivity contribution in [1.29, 1.82) is 0 Å². The Hall–Kier alpha value is -2.18. The molecule has 26 heavy (non-hydrogen) atoms. The predicted molar refractivity (Wildman–Crippen MR) is 103 cm³/mol. The second-order valence-corrected chi connectivity index (χ2v) is 8.37. The van der Waals surface area contributed by atoms with Gasteiger partial charge < -0.3 is 5.32 Å². The first-order valence-corrected chi connectivity index (χ1v) is 10.5. The summed E-state index contributed by atoms with van der Waals surface area (Å²) in [5.74, 6) is -0.412. The third-order valence-electron chi connectivity index (χ3n) is 4.68. The van der Waals surface area contributed by atoms with Crippen LogP contribution in [-0.4, -0.2) is 31.7 Å². The average Bonchev–Trinajstić information content (AvgIpc) is 2.69. The lowest BCUT2D eigenvalue weighted by atomic mass is 10.1. The van der Waals surface area contributed by atoms with E-state index in [9.17, 15) is 13.2 Å². The highest BCUT2D eigenvalue weighted by Gasteiger charge is 2.29. The summed E-state index contributed by atoms with van der Waals surface area (Å²) >= 11 is 0. The van der Waals surface area contributed by atoms with Crippen molar-refractivity contribution >= 4 is 21.6 Å². The quantitative estimate of drug-likeness (QED) is 0.871. The molecule has 1 heterocycles. The molecule has 0 atom stereocenters. The Balaban J connectivity index is 1.87. The van der Waals surface area contributed by atoms with Crippen molar-refractivity contribution in [3.8, 4) is 0 Å². The molecule has 1 aliphatic rings. The zero-order chi connectivity index (χ0) is 18.6. The van der Waals surface area contributed by atoms with Crippen LogP contribution in [0.1, 0.15) is 42.1 Å². The van der Waals surface area contributed by atoms with Crippen LogP contribution in [0.4, 0.5) is 5.69 Å². The van der Waals surface area contributed by atoms with Gasteiger partial charge in [-0.2, -0.15) is 4.31 Å². The second kappa shape index (κ2) is 8.01. The van der Waals surface area contributed by atoms with Gasteiger partial charge in [0.2, 0.25) is 10.0 Å². The van der Waals surface area contributed by atoms with E-state index in [1.54, 1.807) is 18.2 Å². The number of benzene rings is 2. The molecular formula is C20H24N2O3S.